The zero-order valence-corrected chi connectivity index (χ0v) is 13.0. The van der Waals surface area contributed by atoms with Crippen LogP contribution >= 0.6 is 27.5 Å². The summed E-state index contributed by atoms with van der Waals surface area (Å²) in [5, 5.41) is 4.20. The van der Waals surface area contributed by atoms with Crippen molar-refractivity contribution in [2.24, 2.45) is 0 Å². The van der Waals surface area contributed by atoms with E-state index in [0.29, 0.717) is 0 Å². The second kappa shape index (κ2) is 6.19. The molecule has 0 heterocycles. The smallest absolute Gasteiger partial charge is 0.0746 e. The van der Waals surface area contributed by atoms with E-state index >= 15 is 0 Å². The fourth-order valence-electron chi connectivity index (χ4n) is 1.43. The molecule has 1 N–H and O–H groups in total. The molecule has 1 aromatic rings. The molecule has 0 radical (unpaired) electrons. The van der Waals surface area contributed by atoms with Crippen LogP contribution in [0.5, 0.6) is 0 Å². The van der Waals surface area contributed by atoms with E-state index in [-0.39, 0.29) is 11.6 Å². The van der Waals surface area contributed by atoms with Gasteiger partial charge >= 0.3 is 0 Å². The van der Waals surface area contributed by atoms with Crippen LogP contribution in [0.15, 0.2) is 22.7 Å². The van der Waals surface area contributed by atoms with Crippen LogP contribution in [0, 0.1) is 0 Å². The standard InChI is InChI=1S/C13H19BrClNO/c1-9(16-8-13(2,3)17-4)11-6-5-10(14)7-12(11)15/h5-7,9,16H,8H2,1-4H3. The van der Waals surface area contributed by atoms with Gasteiger partial charge in [0.2, 0.25) is 0 Å². The number of nitrogens with one attached hydrogen (secondary N) is 1. The van der Waals surface area contributed by atoms with Crippen LogP contribution in [0.25, 0.3) is 0 Å². The Balaban J connectivity index is 2.67. The molecular formula is C13H19BrClNO. The van der Waals surface area contributed by atoms with E-state index in [1.807, 2.05) is 18.2 Å². The maximum absolute atomic E-state index is 6.21. The van der Waals surface area contributed by atoms with Crippen LogP contribution in [0.1, 0.15) is 32.4 Å². The van der Waals surface area contributed by atoms with Crippen molar-refractivity contribution < 1.29 is 4.74 Å². The molecule has 96 valence electrons. The number of benzene rings is 1. The van der Waals surface area contributed by atoms with E-state index in [0.717, 1.165) is 21.6 Å². The van der Waals surface area contributed by atoms with Gasteiger partial charge in [-0.25, -0.2) is 0 Å². The van der Waals surface area contributed by atoms with Crippen molar-refractivity contribution >= 4 is 27.5 Å². The average Bonchev–Trinajstić information content (AvgIpc) is 2.26. The number of ether oxygens (including phenoxy) is 1. The van der Waals surface area contributed by atoms with Crippen molar-refractivity contribution in [2.45, 2.75) is 32.4 Å². The highest BCUT2D eigenvalue weighted by atomic mass is 79.9. The third-order valence-electron chi connectivity index (χ3n) is 2.82. The molecule has 0 bridgehead atoms. The maximum atomic E-state index is 6.21. The van der Waals surface area contributed by atoms with Crippen molar-refractivity contribution in [3.63, 3.8) is 0 Å². The van der Waals surface area contributed by atoms with Gasteiger partial charge in [-0.1, -0.05) is 33.6 Å². The van der Waals surface area contributed by atoms with Gasteiger partial charge in [-0.3, -0.25) is 0 Å². The first-order valence-electron chi connectivity index (χ1n) is 5.59. The third kappa shape index (κ3) is 4.59. The van der Waals surface area contributed by atoms with Crippen molar-refractivity contribution in [3.05, 3.63) is 33.3 Å². The fraction of sp³-hybridized carbons (Fsp3) is 0.538. The summed E-state index contributed by atoms with van der Waals surface area (Å²) in [4.78, 5) is 0. The molecule has 0 fully saturated rings. The topological polar surface area (TPSA) is 21.3 Å². The SMILES string of the molecule is COC(C)(C)CNC(C)c1ccc(Br)cc1Cl. The molecule has 0 aliphatic rings. The lowest BCUT2D eigenvalue weighted by Crippen LogP contribution is -2.37. The summed E-state index contributed by atoms with van der Waals surface area (Å²) in [5.74, 6) is 0. The Hall–Kier alpha value is -0.0900. The highest BCUT2D eigenvalue weighted by Crippen LogP contribution is 2.26. The van der Waals surface area contributed by atoms with Gasteiger partial charge in [0, 0.05) is 29.2 Å². The van der Waals surface area contributed by atoms with E-state index in [9.17, 15) is 0 Å². The lowest BCUT2D eigenvalue weighted by atomic mass is 10.1. The molecule has 1 rings (SSSR count). The lowest BCUT2D eigenvalue weighted by molar-refractivity contribution is 0.0214. The molecule has 0 saturated heterocycles. The Morgan fingerprint density at radius 1 is 1.47 bits per heavy atom. The van der Waals surface area contributed by atoms with Crippen LogP contribution in [0.2, 0.25) is 5.02 Å². The predicted octanol–water partition coefficient (Wildman–Crippen LogP) is 4.18. The molecule has 4 heteroatoms. The van der Waals surface area contributed by atoms with Gasteiger partial charge in [-0.15, -0.1) is 0 Å². The Labute approximate surface area is 117 Å². The third-order valence-corrected chi connectivity index (χ3v) is 3.64. The van der Waals surface area contributed by atoms with Gasteiger partial charge in [-0.05, 0) is 38.5 Å². The molecule has 0 aliphatic heterocycles. The number of hydrogen-bond donors (Lipinski definition) is 1. The van der Waals surface area contributed by atoms with Crippen LogP contribution < -0.4 is 5.32 Å². The first-order valence-corrected chi connectivity index (χ1v) is 6.76. The molecular weight excluding hydrogens is 302 g/mol. The molecule has 0 saturated carbocycles. The van der Waals surface area contributed by atoms with Crippen LogP contribution in [0.3, 0.4) is 0 Å². The maximum Gasteiger partial charge on any atom is 0.0746 e. The number of methoxy groups -OCH3 is 1. The summed E-state index contributed by atoms with van der Waals surface area (Å²) in [5.41, 5.74) is 0.928. The molecule has 0 amide bonds. The summed E-state index contributed by atoms with van der Waals surface area (Å²) in [7, 11) is 1.72. The van der Waals surface area contributed by atoms with E-state index in [4.69, 9.17) is 16.3 Å². The van der Waals surface area contributed by atoms with Gasteiger partial charge in [0.25, 0.3) is 0 Å². The van der Waals surface area contributed by atoms with E-state index < -0.39 is 0 Å². The van der Waals surface area contributed by atoms with Crippen molar-refractivity contribution in [3.8, 4) is 0 Å². The summed E-state index contributed by atoms with van der Waals surface area (Å²) in [6.07, 6.45) is 0. The molecule has 0 aromatic heterocycles. The first-order chi connectivity index (χ1) is 7.85. The minimum atomic E-state index is -0.171. The van der Waals surface area contributed by atoms with Gasteiger partial charge in [0.05, 0.1) is 5.60 Å². The normalized spacial score (nSPS) is 13.8. The minimum absolute atomic E-state index is 0.171. The fourth-order valence-corrected chi connectivity index (χ4v) is 2.27. The Morgan fingerprint density at radius 3 is 2.65 bits per heavy atom. The Bertz CT molecular complexity index is 382. The summed E-state index contributed by atoms with van der Waals surface area (Å²) in [6, 6.07) is 6.14. The largest absolute Gasteiger partial charge is 0.377 e. The first kappa shape index (κ1) is 15.0. The summed E-state index contributed by atoms with van der Waals surface area (Å²) < 4.78 is 6.37. The van der Waals surface area contributed by atoms with Crippen molar-refractivity contribution in [2.75, 3.05) is 13.7 Å². The number of hydrogen-bond acceptors (Lipinski definition) is 2. The predicted molar refractivity (Wildman–Crippen MR) is 76.7 cm³/mol. The molecule has 0 spiro atoms. The summed E-state index contributed by atoms with van der Waals surface area (Å²) >= 11 is 9.61. The monoisotopic (exact) mass is 319 g/mol. The van der Waals surface area contributed by atoms with E-state index in [1.54, 1.807) is 7.11 Å². The second-order valence-electron chi connectivity index (χ2n) is 4.73. The molecule has 17 heavy (non-hydrogen) atoms. The van der Waals surface area contributed by atoms with Gasteiger partial charge < -0.3 is 10.1 Å². The molecule has 0 aliphatic carbocycles. The molecule has 1 atom stereocenters. The van der Waals surface area contributed by atoms with Crippen LogP contribution in [-0.4, -0.2) is 19.3 Å². The number of halogens is 2. The zero-order chi connectivity index (χ0) is 13.1. The van der Waals surface area contributed by atoms with Gasteiger partial charge in [0.1, 0.15) is 0 Å². The van der Waals surface area contributed by atoms with Crippen molar-refractivity contribution in [1.29, 1.82) is 0 Å². The lowest BCUT2D eigenvalue weighted by Gasteiger charge is -2.26. The quantitative estimate of drug-likeness (QED) is 0.879. The van der Waals surface area contributed by atoms with Crippen LogP contribution in [-0.2, 0) is 4.74 Å². The Kier molecular flexibility index (Phi) is 5.45. The minimum Gasteiger partial charge on any atom is -0.377 e. The van der Waals surface area contributed by atoms with Crippen molar-refractivity contribution in [1.82, 2.24) is 5.32 Å². The van der Waals surface area contributed by atoms with E-state index in [2.05, 4.69) is 42.0 Å². The molecule has 2 nitrogen and oxygen atoms in total. The summed E-state index contributed by atoms with van der Waals surface area (Å²) in [6.45, 7) is 6.98. The van der Waals surface area contributed by atoms with Gasteiger partial charge in [0.15, 0.2) is 0 Å². The average molecular weight is 321 g/mol. The van der Waals surface area contributed by atoms with E-state index in [1.165, 1.54) is 0 Å². The van der Waals surface area contributed by atoms with Gasteiger partial charge in [-0.2, -0.15) is 0 Å². The highest BCUT2D eigenvalue weighted by Gasteiger charge is 2.18. The second-order valence-corrected chi connectivity index (χ2v) is 6.06. The highest BCUT2D eigenvalue weighted by molar-refractivity contribution is 9.10. The molecule has 1 aromatic carbocycles. The molecule has 1 unspecified atom stereocenters. The van der Waals surface area contributed by atoms with Crippen LogP contribution in [0.4, 0.5) is 0 Å². The number of rotatable bonds is 5. The Morgan fingerprint density at radius 2 is 2.12 bits per heavy atom. The zero-order valence-electron chi connectivity index (χ0n) is 10.7.